The molecule has 0 aromatic heterocycles. The van der Waals surface area contributed by atoms with Crippen LogP contribution in [0.1, 0.15) is 19.4 Å². The monoisotopic (exact) mass is 455 g/mol. The minimum atomic E-state index is -0.366. The number of carbonyl (C=O) groups is 2. The van der Waals surface area contributed by atoms with Gasteiger partial charge < -0.3 is 10.1 Å². The fraction of sp³-hybridized carbons (Fsp3) is 0.391. The van der Waals surface area contributed by atoms with Crippen molar-refractivity contribution in [2.24, 2.45) is 5.92 Å². The number of carbonyl (C=O) groups excluding carboxylic acids is 2. The molecule has 4 rings (SSSR count). The van der Waals surface area contributed by atoms with Crippen LogP contribution in [0, 0.1) is 5.92 Å². The van der Waals surface area contributed by atoms with E-state index in [1.54, 1.807) is 0 Å². The summed E-state index contributed by atoms with van der Waals surface area (Å²) in [5.74, 6) is 0.693. The zero-order valence-electron chi connectivity index (χ0n) is 18.3. The second kappa shape index (κ2) is 10.4. The first kappa shape index (κ1) is 22.6. The maximum absolute atomic E-state index is 13.4. The zero-order valence-corrected chi connectivity index (χ0v) is 19.1. The molecule has 4 N–H and O–H groups in total. The Morgan fingerprint density at radius 1 is 1.19 bits per heavy atom. The topological polar surface area (TPSA) is 94.7 Å². The Hall–Kier alpha value is -2.59. The summed E-state index contributed by atoms with van der Waals surface area (Å²) in [6, 6.07) is 15.2. The maximum Gasteiger partial charge on any atom is 0.236 e. The van der Waals surface area contributed by atoms with Crippen molar-refractivity contribution in [1.82, 2.24) is 16.2 Å². The van der Waals surface area contributed by atoms with E-state index >= 15 is 0 Å². The molecule has 2 heterocycles. The summed E-state index contributed by atoms with van der Waals surface area (Å²) in [5, 5.41) is 6.40. The van der Waals surface area contributed by atoms with Gasteiger partial charge in [-0.15, -0.1) is 11.8 Å². The summed E-state index contributed by atoms with van der Waals surface area (Å²) < 4.78 is 5.44. The van der Waals surface area contributed by atoms with E-state index in [9.17, 15) is 9.59 Å². The van der Waals surface area contributed by atoms with Crippen molar-refractivity contribution in [2.45, 2.75) is 31.9 Å². The fourth-order valence-electron chi connectivity index (χ4n) is 3.97. The Morgan fingerprint density at radius 3 is 2.72 bits per heavy atom. The Kier molecular flexibility index (Phi) is 7.31. The van der Waals surface area contributed by atoms with Crippen LogP contribution in [0.5, 0.6) is 5.75 Å². The van der Waals surface area contributed by atoms with Gasteiger partial charge >= 0.3 is 0 Å². The summed E-state index contributed by atoms with van der Waals surface area (Å²) in [6.45, 7) is 5.17. The molecule has 3 atom stereocenters. The third-order valence-electron chi connectivity index (χ3n) is 5.55. The van der Waals surface area contributed by atoms with Crippen LogP contribution in [0.15, 0.2) is 48.5 Å². The van der Waals surface area contributed by atoms with E-state index in [1.807, 2.05) is 60.4 Å². The molecule has 2 aliphatic heterocycles. The number of nitrogens with one attached hydrogen (secondary N) is 4. The molecule has 2 aromatic carbocycles. The van der Waals surface area contributed by atoms with E-state index in [0.717, 1.165) is 23.4 Å². The zero-order chi connectivity index (χ0) is 22.5. The lowest BCUT2D eigenvalue weighted by Gasteiger charge is -2.41. The van der Waals surface area contributed by atoms with Crippen LogP contribution < -0.4 is 31.1 Å². The molecule has 0 aliphatic carbocycles. The van der Waals surface area contributed by atoms with Gasteiger partial charge in [-0.1, -0.05) is 25.1 Å². The number of nitrogens with zero attached hydrogens (tertiary/aromatic N) is 1. The molecule has 32 heavy (non-hydrogen) atoms. The highest BCUT2D eigenvalue weighted by molar-refractivity contribution is 8.00. The predicted molar refractivity (Wildman–Crippen MR) is 127 cm³/mol. The van der Waals surface area contributed by atoms with Crippen molar-refractivity contribution in [3.8, 4) is 5.75 Å². The van der Waals surface area contributed by atoms with Crippen LogP contribution >= 0.6 is 11.8 Å². The number of hydrazine groups is 1. The number of hydrogen-bond donors (Lipinski definition) is 4. The number of rotatable bonds is 8. The highest BCUT2D eigenvalue weighted by atomic mass is 32.2. The van der Waals surface area contributed by atoms with Gasteiger partial charge in [0.05, 0.1) is 24.4 Å². The molecule has 2 fully saturated rings. The SMILES string of the molecule is CCOc1ccc(NC(=O)CSC2NC3NNCC3C(=O)N2c2ccccc2CC)cc1. The summed E-state index contributed by atoms with van der Waals surface area (Å²) in [4.78, 5) is 27.8. The third kappa shape index (κ3) is 4.91. The van der Waals surface area contributed by atoms with Crippen LogP contribution in [0.25, 0.3) is 0 Å². The molecule has 2 aliphatic rings. The first-order valence-corrected chi connectivity index (χ1v) is 11.9. The fourth-order valence-corrected chi connectivity index (χ4v) is 4.96. The van der Waals surface area contributed by atoms with Crippen LogP contribution in [0.2, 0.25) is 0 Å². The van der Waals surface area contributed by atoms with Crippen molar-refractivity contribution in [2.75, 3.05) is 29.1 Å². The molecular formula is C23H29N5O3S. The Bertz CT molecular complexity index is 955. The number of benzene rings is 2. The van der Waals surface area contributed by atoms with Gasteiger partial charge in [-0.2, -0.15) is 0 Å². The number of thioether (sulfide) groups is 1. The molecule has 9 heteroatoms. The van der Waals surface area contributed by atoms with Gasteiger partial charge in [-0.25, -0.2) is 5.43 Å². The van der Waals surface area contributed by atoms with Crippen molar-refractivity contribution >= 4 is 35.0 Å². The number of aryl methyl sites for hydroxylation is 1. The van der Waals surface area contributed by atoms with E-state index in [1.165, 1.54) is 11.8 Å². The third-order valence-corrected chi connectivity index (χ3v) is 6.64. The molecule has 3 unspecified atom stereocenters. The van der Waals surface area contributed by atoms with Gasteiger partial charge in [0.25, 0.3) is 0 Å². The number of para-hydroxylation sites is 1. The quantitative estimate of drug-likeness (QED) is 0.485. The molecule has 0 bridgehead atoms. The van der Waals surface area contributed by atoms with Gasteiger partial charge in [0, 0.05) is 17.9 Å². The van der Waals surface area contributed by atoms with Gasteiger partial charge in [-0.3, -0.25) is 25.2 Å². The summed E-state index contributed by atoms with van der Waals surface area (Å²) in [5.41, 5.74) is 8.53. The second-order valence-electron chi connectivity index (χ2n) is 7.64. The Morgan fingerprint density at radius 2 is 1.97 bits per heavy atom. The lowest BCUT2D eigenvalue weighted by molar-refractivity contribution is -0.124. The van der Waals surface area contributed by atoms with E-state index in [0.29, 0.717) is 18.8 Å². The number of amides is 2. The average Bonchev–Trinajstić information content (AvgIpc) is 3.28. The highest BCUT2D eigenvalue weighted by Crippen LogP contribution is 2.32. The molecule has 8 nitrogen and oxygen atoms in total. The first-order chi connectivity index (χ1) is 15.6. The average molecular weight is 456 g/mol. The molecule has 2 saturated heterocycles. The second-order valence-corrected chi connectivity index (χ2v) is 8.70. The molecule has 0 spiro atoms. The summed E-state index contributed by atoms with van der Waals surface area (Å²) in [7, 11) is 0. The predicted octanol–water partition coefficient (Wildman–Crippen LogP) is 2.29. The van der Waals surface area contributed by atoms with Gasteiger partial charge in [0.1, 0.15) is 11.2 Å². The first-order valence-electron chi connectivity index (χ1n) is 10.9. The van der Waals surface area contributed by atoms with Crippen LogP contribution in [0.4, 0.5) is 11.4 Å². The molecule has 2 amide bonds. The van der Waals surface area contributed by atoms with Crippen molar-refractivity contribution < 1.29 is 14.3 Å². The normalized spacial score (nSPS) is 22.5. The Balaban J connectivity index is 1.46. The lowest BCUT2D eigenvalue weighted by Crippen LogP contribution is -2.64. The van der Waals surface area contributed by atoms with Gasteiger partial charge in [-0.05, 0) is 49.2 Å². The number of hydrogen-bond acceptors (Lipinski definition) is 7. The van der Waals surface area contributed by atoms with E-state index in [4.69, 9.17) is 4.74 Å². The van der Waals surface area contributed by atoms with E-state index < -0.39 is 0 Å². The van der Waals surface area contributed by atoms with E-state index in [-0.39, 0.29) is 35.1 Å². The molecule has 170 valence electrons. The van der Waals surface area contributed by atoms with Crippen molar-refractivity contribution in [1.29, 1.82) is 0 Å². The minimum absolute atomic E-state index is 0.0524. The standard InChI is InChI=1S/C23H29N5O3S/c1-3-15-7-5-6-8-19(15)28-22(30)18-13-24-27-21(18)26-23(28)32-14-20(29)25-16-9-11-17(12-10-16)31-4-2/h5-12,18,21,23-24,26-27H,3-4,13-14H2,1-2H3,(H,25,29). The molecule has 0 radical (unpaired) electrons. The van der Waals surface area contributed by atoms with Gasteiger partial charge in [0.2, 0.25) is 11.8 Å². The number of ether oxygens (including phenoxy) is 1. The van der Waals surface area contributed by atoms with Crippen molar-refractivity contribution in [3.63, 3.8) is 0 Å². The largest absolute Gasteiger partial charge is 0.494 e. The Labute approximate surface area is 192 Å². The van der Waals surface area contributed by atoms with Crippen molar-refractivity contribution in [3.05, 3.63) is 54.1 Å². The molecule has 0 saturated carbocycles. The van der Waals surface area contributed by atoms with Crippen LogP contribution in [-0.4, -0.2) is 42.4 Å². The molecule has 2 aromatic rings. The van der Waals surface area contributed by atoms with E-state index in [2.05, 4.69) is 28.4 Å². The smallest absolute Gasteiger partial charge is 0.236 e. The number of fused-ring (bicyclic) bond motifs is 1. The highest BCUT2D eigenvalue weighted by Gasteiger charge is 2.45. The molecular weight excluding hydrogens is 426 g/mol. The summed E-state index contributed by atoms with van der Waals surface area (Å²) >= 11 is 1.40. The number of anilines is 2. The summed E-state index contributed by atoms with van der Waals surface area (Å²) in [6.07, 6.45) is 0.652. The minimum Gasteiger partial charge on any atom is -0.494 e. The van der Waals surface area contributed by atoms with Gasteiger partial charge in [0.15, 0.2) is 0 Å². The van der Waals surface area contributed by atoms with Crippen LogP contribution in [-0.2, 0) is 16.0 Å². The van der Waals surface area contributed by atoms with Crippen LogP contribution in [0.3, 0.4) is 0 Å². The maximum atomic E-state index is 13.4. The lowest BCUT2D eigenvalue weighted by atomic mass is 10.0.